The molecule has 4 nitrogen and oxygen atoms in total. The molecule has 0 radical (unpaired) electrons. The van der Waals surface area contributed by atoms with Crippen molar-refractivity contribution in [2.24, 2.45) is 0 Å². The Labute approximate surface area is 70.7 Å². The molecule has 1 aliphatic rings. The minimum absolute atomic E-state index is 0.246. The van der Waals surface area contributed by atoms with Crippen LogP contribution in [0, 0.1) is 0 Å². The molecule has 0 atom stereocenters. The van der Waals surface area contributed by atoms with Gasteiger partial charge in [-0.25, -0.2) is 0 Å². The van der Waals surface area contributed by atoms with Crippen molar-refractivity contribution in [1.29, 1.82) is 0 Å². The molecule has 0 aromatic rings. The molecule has 0 aromatic heterocycles. The summed E-state index contributed by atoms with van der Waals surface area (Å²) in [6.07, 6.45) is 1.09. The third-order valence-electron chi connectivity index (χ3n) is 1.62. The molecule has 66 valence electrons. The Morgan fingerprint density at radius 2 is 2.00 bits per heavy atom. The fourth-order valence-electron chi connectivity index (χ4n) is 0.852. The van der Waals surface area contributed by atoms with Gasteiger partial charge in [0.2, 0.25) is 0 Å². The molecule has 0 N–H and O–H groups in total. The topological polar surface area (TPSA) is 46.6 Å². The number of allylic oxidation sites excluding steroid dienone is 1. The molecular formula is C8H11NO3. The number of hydrogen-bond acceptors (Lipinski definition) is 3. The Morgan fingerprint density at radius 1 is 1.50 bits per heavy atom. The van der Waals surface area contributed by atoms with Crippen LogP contribution in [0.1, 0.15) is 26.2 Å². The quantitative estimate of drug-likeness (QED) is 0.467. The van der Waals surface area contributed by atoms with Gasteiger partial charge in [-0.05, 0) is 0 Å². The van der Waals surface area contributed by atoms with Crippen molar-refractivity contribution in [2.45, 2.75) is 26.2 Å². The van der Waals surface area contributed by atoms with E-state index in [0.29, 0.717) is 12.2 Å². The minimum Gasteiger partial charge on any atom is -0.374 e. The molecule has 1 heterocycles. The second-order valence-corrected chi connectivity index (χ2v) is 2.57. The summed E-state index contributed by atoms with van der Waals surface area (Å²) in [4.78, 5) is 26.9. The fraction of sp³-hybridized carbons (Fsp3) is 0.500. The van der Waals surface area contributed by atoms with Crippen molar-refractivity contribution in [3.8, 4) is 0 Å². The minimum atomic E-state index is -0.283. The average Bonchev–Trinajstić information content (AvgIpc) is 2.35. The SMILES string of the molecule is C=C(CC)ON1C(=O)CCC1=O. The number of imide groups is 1. The maximum absolute atomic E-state index is 11.0. The second-order valence-electron chi connectivity index (χ2n) is 2.57. The smallest absolute Gasteiger partial charge is 0.263 e. The van der Waals surface area contributed by atoms with Gasteiger partial charge in [-0.3, -0.25) is 9.59 Å². The summed E-state index contributed by atoms with van der Waals surface area (Å²) >= 11 is 0. The van der Waals surface area contributed by atoms with Crippen molar-refractivity contribution >= 4 is 11.8 Å². The summed E-state index contributed by atoms with van der Waals surface area (Å²) in [6.45, 7) is 5.38. The monoisotopic (exact) mass is 169 g/mol. The molecule has 1 rings (SSSR count). The van der Waals surface area contributed by atoms with Gasteiger partial charge in [0.1, 0.15) is 5.76 Å². The zero-order valence-electron chi connectivity index (χ0n) is 7.00. The summed E-state index contributed by atoms with van der Waals surface area (Å²) in [5.41, 5.74) is 0. The molecular weight excluding hydrogens is 158 g/mol. The lowest BCUT2D eigenvalue weighted by Gasteiger charge is -2.14. The van der Waals surface area contributed by atoms with E-state index in [-0.39, 0.29) is 24.7 Å². The van der Waals surface area contributed by atoms with E-state index in [1.54, 1.807) is 0 Å². The summed E-state index contributed by atoms with van der Waals surface area (Å²) < 4.78 is 0. The van der Waals surface area contributed by atoms with Crippen LogP contribution in [0.3, 0.4) is 0 Å². The predicted molar refractivity (Wildman–Crippen MR) is 41.6 cm³/mol. The van der Waals surface area contributed by atoms with Crippen molar-refractivity contribution in [2.75, 3.05) is 0 Å². The molecule has 0 bridgehead atoms. The van der Waals surface area contributed by atoms with Gasteiger partial charge >= 0.3 is 0 Å². The molecule has 1 aliphatic heterocycles. The molecule has 0 unspecified atom stereocenters. The van der Waals surface area contributed by atoms with Gasteiger partial charge in [-0.1, -0.05) is 13.5 Å². The van der Waals surface area contributed by atoms with Crippen LogP contribution in [0.5, 0.6) is 0 Å². The van der Waals surface area contributed by atoms with Gasteiger partial charge in [0.25, 0.3) is 11.8 Å². The number of hydrogen-bond donors (Lipinski definition) is 0. The van der Waals surface area contributed by atoms with Crippen LogP contribution in [0.2, 0.25) is 0 Å². The third kappa shape index (κ3) is 1.64. The zero-order valence-corrected chi connectivity index (χ0v) is 7.00. The summed E-state index contributed by atoms with van der Waals surface area (Å²) in [6, 6.07) is 0. The predicted octanol–water partition coefficient (Wildman–Crippen LogP) is 0.991. The van der Waals surface area contributed by atoms with Crippen LogP contribution in [0.15, 0.2) is 12.3 Å². The molecule has 1 fully saturated rings. The highest BCUT2D eigenvalue weighted by atomic mass is 16.7. The number of amides is 2. The number of rotatable bonds is 3. The second kappa shape index (κ2) is 3.38. The highest BCUT2D eigenvalue weighted by Gasteiger charge is 2.31. The Hall–Kier alpha value is -1.32. The number of carbonyl (C=O) groups excluding carboxylic acids is 2. The molecule has 0 aliphatic carbocycles. The molecule has 1 saturated heterocycles. The number of nitrogens with zero attached hydrogens (tertiary/aromatic N) is 1. The highest BCUT2D eigenvalue weighted by molar-refractivity contribution is 6.00. The van der Waals surface area contributed by atoms with Crippen LogP contribution < -0.4 is 0 Å². The first kappa shape index (κ1) is 8.77. The third-order valence-corrected chi connectivity index (χ3v) is 1.62. The molecule has 0 aromatic carbocycles. The zero-order chi connectivity index (χ0) is 9.14. The number of hydroxylamine groups is 2. The van der Waals surface area contributed by atoms with Crippen molar-refractivity contribution < 1.29 is 14.4 Å². The van der Waals surface area contributed by atoms with E-state index in [9.17, 15) is 9.59 Å². The first-order chi connectivity index (χ1) is 5.65. The van der Waals surface area contributed by atoms with E-state index in [2.05, 4.69) is 6.58 Å². The van der Waals surface area contributed by atoms with E-state index >= 15 is 0 Å². The standard InChI is InChI=1S/C8H11NO3/c1-3-6(2)12-9-7(10)4-5-8(9)11/h2-5H2,1H3. The van der Waals surface area contributed by atoms with Gasteiger partial charge in [0.05, 0.1) is 0 Å². The van der Waals surface area contributed by atoms with E-state index in [1.807, 2.05) is 6.92 Å². The normalized spacial score (nSPS) is 16.9. The van der Waals surface area contributed by atoms with E-state index in [0.717, 1.165) is 5.06 Å². The van der Waals surface area contributed by atoms with E-state index < -0.39 is 0 Å². The van der Waals surface area contributed by atoms with Gasteiger partial charge < -0.3 is 4.84 Å². The van der Waals surface area contributed by atoms with Crippen molar-refractivity contribution in [1.82, 2.24) is 5.06 Å². The maximum Gasteiger partial charge on any atom is 0.263 e. The Morgan fingerprint density at radius 3 is 2.42 bits per heavy atom. The largest absolute Gasteiger partial charge is 0.374 e. The van der Waals surface area contributed by atoms with E-state index in [1.165, 1.54) is 0 Å². The summed E-state index contributed by atoms with van der Waals surface area (Å²) in [5.74, 6) is -0.136. The maximum atomic E-state index is 11.0. The fourth-order valence-corrected chi connectivity index (χ4v) is 0.852. The molecule has 4 heteroatoms. The first-order valence-electron chi connectivity index (χ1n) is 3.86. The molecule has 12 heavy (non-hydrogen) atoms. The van der Waals surface area contributed by atoms with Crippen LogP contribution in [0.4, 0.5) is 0 Å². The average molecular weight is 169 g/mol. The van der Waals surface area contributed by atoms with Gasteiger partial charge in [-0.15, -0.1) is 5.06 Å². The summed E-state index contributed by atoms with van der Waals surface area (Å²) in [7, 11) is 0. The summed E-state index contributed by atoms with van der Waals surface area (Å²) in [5, 5.41) is 0.797. The van der Waals surface area contributed by atoms with Gasteiger partial charge in [0.15, 0.2) is 0 Å². The van der Waals surface area contributed by atoms with Crippen LogP contribution >= 0.6 is 0 Å². The lowest BCUT2D eigenvalue weighted by molar-refractivity contribution is -0.176. The Balaban J connectivity index is 2.56. The van der Waals surface area contributed by atoms with Crippen molar-refractivity contribution in [3.63, 3.8) is 0 Å². The molecule has 0 spiro atoms. The van der Waals surface area contributed by atoms with Crippen LogP contribution in [-0.2, 0) is 14.4 Å². The molecule has 0 saturated carbocycles. The van der Waals surface area contributed by atoms with Gasteiger partial charge in [0, 0.05) is 19.3 Å². The highest BCUT2D eigenvalue weighted by Crippen LogP contribution is 2.15. The van der Waals surface area contributed by atoms with E-state index in [4.69, 9.17) is 4.84 Å². The lowest BCUT2D eigenvalue weighted by Crippen LogP contribution is -2.28. The van der Waals surface area contributed by atoms with Gasteiger partial charge in [-0.2, -0.15) is 0 Å². The number of carbonyl (C=O) groups is 2. The van der Waals surface area contributed by atoms with Crippen LogP contribution in [-0.4, -0.2) is 16.9 Å². The first-order valence-corrected chi connectivity index (χ1v) is 3.86. The lowest BCUT2D eigenvalue weighted by atomic mass is 10.4. The Kier molecular flexibility index (Phi) is 2.47. The van der Waals surface area contributed by atoms with Crippen molar-refractivity contribution in [3.05, 3.63) is 12.3 Å². The Bertz CT molecular complexity index is 218. The molecule has 2 amide bonds. The van der Waals surface area contributed by atoms with Crippen LogP contribution in [0.25, 0.3) is 0 Å².